The quantitative estimate of drug-likeness (QED) is 0.864. The molecule has 1 aliphatic rings. The van der Waals surface area contributed by atoms with E-state index < -0.39 is 0 Å². The van der Waals surface area contributed by atoms with Crippen molar-refractivity contribution in [2.45, 2.75) is 32.2 Å². The first-order chi connectivity index (χ1) is 10.1. The van der Waals surface area contributed by atoms with Gasteiger partial charge in [0, 0.05) is 44.3 Å². The number of hydrogen-bond donors (Lipinski definition) is 2. The fraction of sp³-hybridized carbons (Fsp3) is 0.562. The van der Waals surface area contributed by atoms with Crippen molar-refractivity contribution in [1.82, 2.24) is 4.90 Å². The summed E-state index contributed by atoms with van der Waals surface area (Å²) in [5.41, 5.74) is 6.80. The predicted molar refractivity (Wildman–Crippen MR) is 84.4 cm³/mol. The lowest BCUT2D eigenvalue weighted by molar-refractivity contribution is -0.131. The standard InChI is InChI=1S/C16H25N3O2/c1-13(17)3-2-4-16(21)19-11-9-18(10-12-19)14-5-7-15(20)8-6-14/h5-8,13,20H,2-4,9-12,17H2,1H3. The molecule has 1 atom stereocenters. The highest BCUT2D eigenvalue weighted by Gasteiger charge is 2.20. The molecule has 116 valence electrons. The van der Waals surface area contributed by atoms with Crippen molar-refractivity contribution in [3.8, 4) is 5.75 Å². The number of benzene rings is 1. The molecule has 0 aliphatic carbocycles. The second-order valence-electron chi connectivity index (χ2n) is 5.75. The molecule has 0 aromatic heterocycles. The van der Waals surface area contributed by atoms with Gasteiger partial charge in [-0.05, 0) is 44.0 Å². The van der Waals surface area contributed by atoms with Crippen LogP contribution in [0.4, 0.5) is 5.69 Å². The summed E-state index contributed by atoms with van der Waals surface area (Å²) in [4.78, 5) is 16.3. The number of amides is 1. The molecule has 21 heavy (non-hydrogen) atoms. The van der Waals surface area contributed by atoms with Gasteiger partial charge in [-0.1, -0.05) is 0 Å². The molecule has 0 saturated carbocycles. The first-order valence-corrected chi connectivity index (χ1v) is 7.63. The summed E-state index contributed by atoms with van der Waals surface area (Å²) in [7, 11) is 0. The summed E-state index contributed by atoms with van der Waals surface area (Å²) in [6, 6.07) is 7.39. The Hall–Kier alpha value is -1.75. The van der Waals surface area contributed by atoms with Crippen LogP contribution in [0.25, 0.3) is 0 Å². The van der Waals surface area contributed by atoms with Gasteiger partial charge in [-0.3, -0.25) is 4.79 Å². The highest BCUT2D eigenvalue weighted by molar-refractivity contribution is 5.76. The van der Waals surface area contributed by atoms with Gasteiger partial charge in [0.1, 0.15) is 5.75 Å². The molecule has 1 amide bonds. The van der Waals surface area contributed by atoms with Crippen LogP contribution in [0, 0.1) is 0 Å². The first kappa shape index (κ1) is 15.6. The Kier molecular flexibility index (Phi) is 5.44. The van der Waals surface area contributed by atoms with Gasteiger partial charge in [0.25, 0.3) is 0 Å². The van der Waals surface area contributed by atoms with Gasteiger partial charge in [-0.2, -0.15) is 0 Å². The molecule has 0 spiro atoms. The Morgan fingerprint density at radius 1 is 1.24 bits per heavy atom. The van der Waals surface area contributed by atoms with Crippen molar-refractivity contribution in [3.05, 3.63) is 24.3 Å². The van der Waals surface area contributed by atoms with Gasteiger partial charge >= 0.3 is 0 Å². The minimum atomic E-state index is 0.171. The number of aromatic hydroxyl groups is 1. The molecule has 1 heterocycles. The molecule has 3 N–H and O–H groups in total. The van der Waals surface area contributed by atoms with E-state index >= 15 is 0 Å². The van der Waals surface area contributed by atoms with Gasteiger partial charge < -0.3 is 20.6 Å². The van der Waals surface area contributed by atoms with Crippen LogP contribution in [-0.2, 0) is 4.79 Å². The number of carbonyl (C=O) groups is 1. The predicted octanol–water partition coefficient (Wildman–Crippen LogP) is 1.56. The molecular weight excluding hydrogens is 266 g/mol. The van der Waals surface area contributed by atoms with Crippen LogP contribution in [0.3, 0.4) is 0 Å². The SMILES string of the molecule is CC(N)CCCC(=O)N1CCN(c2ccc(O)cc2)CC1. The molecule has 1 unspecified atom stereocenters. The minimum absolute atomic E-state index is 0.171. The topological polar surface area (TPSA) is 69.8 Å². The third-order valence-corrected chi connectivity index (χ3v) is 3.90. The molecular formula is C16H25N3O2. The summed E-state index contributed by atoms with van der Waals surface area (Å²) in [5.74, 6) is 0.516. The van der Waals surface area contributed by atoms with E-state index in [9.17, 15) is 9.90 Å². The van der Waals surface area contributed by atoms with E-state index in [0.29, 0.717) is 6.42 Å². The molecule has 0 radical (unpaired) electrons. The molecule has 1 saturated heterocycles. The van der Waals surface area contributed by atoms with Crippen LogP contribution in [0.15, 0.2) is 24.3 Å². The number of phenolic OH excluding ortho intramolecular Hbond substituents is 1. The minimum Gasteiger partial charge on any atom is -0.508 e. The Morgan fingerprint density at radius 2 is 1.86 bits per heavy atom. The monoisotopic (exact) mass is 291 g/mol. The van der Waals surface area contributed by atoms with Gasteiger partial charge in [-0.15, -0.1) is 0 Å². The Balaban J connectivity index is 1.77. The molecule has 5 nitrogen and oxygen atoms in total. The van der Waals surface area contributed by atoms with E-state index in [4.69, 9.17) is 5.73 Å². The van der Waals surface area contributed by atoms with Crippen LogP contribution in [-0.4, -0.2) is 48.1 Å². The molecule has 1 aliphatic heterocycles. The number of anilines is 1. The Bertz CT molecular complexity index is 451. The van der Waals surface area contributed by atoms with E-state index in [2.05, 4.69) is 4.90 Å². The zero-order valence-corrected chi connectivity index (χ0v) is 12.7. The average Bonchev–Trinajstić information content (AvgIpc) is 2.48. The Labute approximate surface area is 126 Å². The number of hydrogen-bond acceptors (Lipinski definition) is 4. The number of carbonyl (C=O) groups excluding carboxylic acids is 1. The zero-order valence-electron chi connectivity index (χ0n) is 12.7. The van der Waals surface area contributed by atoms with Gasteiger partial charge in [-0.25, -0.2) is 0 Å². The van der Waals surface area contributed by atoms with E-state index in [1.165, 1.54) is 0 Å². The fourth-order valence-corrected chi connectivity index (χ4v) is 2.61. The van der Waals surface area contributed by atoms with Crippen LogP contribution < -0.4 is 10.6 Å². The van der Waals surface area contributed by atoms with Crippen molar-refractivity contribution in [1.29, 1.82) is 0 Å². The highest BCUT2D eigenvalue weighted by Crippen LogP contribution is 2.20. The molecule has 2 rings (SSSR count). The average molecular weight is 291 g/mol. The lowest BCUT2D eigenvalue weighted by Gasteiger charge is -2.36. The van der Waals surface area contributed by atoms with Crippen LogP contribution in [0.1, 0.15) is 26.2 Å². The van der Waals surface area contributed by atoms with Crippen molar-refractivity contribution in [2.24, 2.45) is 5.73 Å². The van der Waals surface area contributed by atoms with E-state index in [1.54, 1.807) is 12.1 Å². The van der Waals surface area contributed by atoms with Crippen LogP contribution in [0.2, 0.25) is 0 Å². The molecule has 5 heteroatoms. The van der Waals surface area contributed by atoms with Gasteiger partial charge in [0.2, 0.25) is 5.91 Å². The van der Waals surface area contributed by atoms with E-state index in [1.807, 2.05) is 24.0 Å². The molecule has 0 bridgehead atoms. The summed E-state index contributed by atoms with van der Waals surface area (Å²) in [6.07, 6.45) is 2.37. The largest absolute Gasteiger partial charge is 0.508 e. The van der Waals surface area contributed by atoms with Crippen molar-refractivity contribution < 1.29 is 9.90 Å². The summed E-state index contributed by atoms with van der Waals surface area (Å²) in [5, 5.41) is 9.31. The number of phenols is 1. The first-order valence-electron chi connectivity index (χ1n) is 7.63. The highest BCUT2D eigenvalue weighted by atomic mass is 16.3. The number of rotatable bonds is 5. The van der Waals surface area contributed by atoms with Crippen molar-refractivity contribution in [2.75, 3.05) is 31.1 Å². The summed E-state index contributed by atoms with van der Waals surface area (Å²) >= 11 is 0. The van der Waals surface area contributed by atoms with Crippen LogP contribution >= 0.6 is 0 Å². The molecule has 1 fully saturated rings. The second kappa shape index (κ2) is 7.31. The summed E-state index contributed by atoms with van der Waals surface area (Å²) < 4.78 is 0. The van der Waals surface area contributed by atoms with Crippen LogP contribution in [0.5, 0.6) is 5.75 Å². The molecule has 1 aromatic carbocycles. The third-order valence-electron chi connectivity index (χ3n) is 3.90. The van der Waals surface area contributed by atoms with Gasteiger partial charge in [0.15, 0.2) is 0 Å². The van der Waals surface area contributed by atoms with E-state index in [0.717, 1.165) is 44.7 Å². The normalized spacial score (nSPS) is 16.9. The number of nitrogens with zero attached hydrogens (tertiary/aromatic N) is 2. The fourth-order valence-electron chi connectivity index (χ4n) is 2.61. The lowest BCUT2D eigenvalue weighted by atomic mass is 10.1. The Morgan fingerprint density at radius 3 is 2.43 bits per heavy atom. The van der Waals surface area contributed by atoms with Gasteiger partial charge in [0.05, 0.1) is 0 Å². The maximum absolute atomic E-state index is 12.1. The maximum atomic E-state index is 12.1. The lowest BCUT2D eigenvalue weighted by Crippen LogP contribution is -2.48. The summed E-state index contributed by atoms with van der Waals surface area (Å²) in [6.45, 7) is 5.17. The maximum Gasteiger partial charge on any atom is 0.222 e. The van der Waals surface area contributed by atoms with Crippen molar-refractivity contribution in [3.63, 3.8) is 0 Å². The van der Waals surface area contributed by atoms with Crippen molar-refractivity contribution >= 4 is 11.6 Å². The zero-order chi connectivity index (χ0) is 15.2. The number of nitrogens with two attached hydrogens (primary N) is 1. The van der Waals surface area contributed by atoms with E-state index in [-0.39, 0.29) is 17.7 Å². The number of piperazine rings is 1. The second-order valence-corrected chi connectivity index (χ2v) is 5.75. The smallest absolute Gasteiger partial charge is 0.222 e. The third kappa shape index (κ3) is 4.63. The molecule has 1 aromatic rings.